The third-order valence-corrected chi connectivity index (χ3v) is 4.47. The van der Waals surface area contributed by atoms with E-state index < -0.39 is 5.60 Å². The Hall–Kier alpha value is -1.22. The lowest BCUT2D eigenvalue weighted by Gasteiger charge is -2.39. The molecule has 3 rings (SSSR count). The average molecular weight is 493 g/mol. The highest BCUT2D eigenvalue weighted by atomic mass is 127. The molecule has 1 aromatic rings. The molecule has 8 heteroatoms. The Kier molecular flexibility index (Phi) is 7.01. The van der Waals surface area contributed by atoms with Gasteiger partial charge in [-0.3, -0.25) is 4.99 Å². The van der Waals surface area contributed by atoms with Crippen molar-refractivity contribution in [1.82, 2.24) is 15.1 Å². The van der Waals surface area contributed by atoms with E-state index >= 15 is 0 Å². The molecule has 2 heterocycles. The van der Waals surface area contributed by atoms with Crippen LogP contribution in [-0.2, 0) is 11.3 Å². The van der Waals surface area contributed by atoms with Crippen LogP contribution in [-0.4, -0.2) is 59.7 Å². The average Bonchev–Trinajstić information content (AvgIpc) is 2.95. The van der Waals surface area contributed by atoms with Gasteiger partial charge < -0.3 is 19.9 Å². The van der Waals surface area contributed by atoms with Gasteiger partial charge in [-0.05, 0) is 38.5 Å². The zero-order chi connectivity index (χ0) is 18.0. The molecule has 1 aromatic carbocycles. The van der Waals surface area contributed by atoms with Crippen molar-refractivity contribution in [1.29, 1.82) is 0 Å². The predicted octanol–water partition coefficient (Wildman–Crippen LogP) is 3.34. The van der Waals surface area contributed by atoms with Crippen molar-refractivity contribution in [2.24, 2.45) is 4.99 Å². The first-order valence-electron chi connectivity index (χ1n) is 8.59. The number of hydrogen-bond acceptors (Lipinski definition) is 5. The maximum atomic E-state index is 12.2. The van der Waals surface area contributed by atoms with Gasteiger partial charge in [0.25, 0.3) is 0 Å². The van der Waals surface area contributed by atoms with E-state index in [0.29, 0.717) is 26.2 Å². The highest BCUT2D eigenvalue weighted by Crippen LogP contribution is 2.19. The maximum absolute atomic E-state index is 12.2. The Morgan fingerprint density at radius 1 is 1.31 bits per heavy atom. The number of halogens is 2. The summed E-state index contributed by atoms with van der Waals surface area (Å²) in [6, 6.07) is 7.99. The van der Waals surface area contributed by atoms with E-state index in [4.69, 9.17) is 16.3 Å². The molecule has 144 valence electrons. The van der Waals surface area contributed by atoms with Crippen LogP contribution in [0.4, 0.5) is 4.79 Å². The van der Waals surface area contributed by atoms with Crippen LogP contribution in [0.25, 0.3) is 0 Å². The first kappa shape index (κ1) is 21.1. The number of ether oxygens (including phenoxy) is 1. The number of hydrogen-bond donors (Lipinski definition) is 1. The molecule has 0 aliphatic carbocycles. The summed E-state index contributed by atoms with van der Waals surface area (Å²) in [6.45, 7) is 9.11. The molecule has 0 spiro atoms. The summed E-state index contributed by atoms with van der Waals surface area (Å²) in [5.41, 5.74) is 0.689. The number of fused-ring (bicyclic) bond motifs is 1. The largest absolute Gasteiger partial charge is 0.444 e. The van der Waals surface area contributed by atoms with Crippen molar-refractivity contribution < 1.29 is 9.53 Å². The van der Waals surface area contributed by atoms with Crippen LogP contribution >= 0.6 is 35.6 Å². The zero-order valence-electron chi connectivity index (χ0n) is 15.4. The number of carbonyl (C=O) groups is 1. The second-order valence-electron chi connectivity index (χ2n) is 7.42. The van der Waals surface area contributed by atoms with Gasteiger partial charge in [-0.25, -0.2) is 4.79 Å². The summed E-state index contributed by atoms with van der Waals surface area (Å²) in [5, 5.41) is 4.13. The summed E-state index contributed by atoms with van der Waals surface area (Å²) in [7, 11) is 0. The van der Waals surface area contributed by atoms with Crippen LogP contribution in [0.1, 0.15) is 26.3 Å². The standard InChI is InChI=1S/C18H25ClN4O2.HI/c1-18(2,3)25-17(24)22-8-9-23-15(12-22)11-21-16(23)20-10-13-4-6-14(19)7-5-13;/h4-7,15H,8-12H2,1-3H3,(H,20,21);1H. The molecule has 0 radical (unpaired) electrons. The van der Waals surface area contributed by atoms with Crippen molar-refractivity contribution in [2.75, 3.05) is 26.2 Å². The molecular weight excluding hydrogens is 467 g/mol. The van der Waals surface area contributed by atoms with Crippen LogP contribution in [0, 0.1) is 0 Å². The summed E-state index contributed by atoms with van der Waals surface area (Å²) in [6.07, 6.45) is -0.241. The lowest BCUT2D eigenvalue weighted by atomic mass is 10.2. The number of aliphatic imine (C=N–C) groups is 1. The molecule has 0 bridgehead atoms. The quantitative estimate of drug-likeness (QED) is 0.644. The fourth-order valence-electron chi connectivity index (χ4n) is 3.01. The van der Waals surface area contributed by atoms with Crippen LogP contribution in [0.15, 0.2) is 29.3 Å². The maximum Gasteiger partial charge on any atom is 0.410 e. The van der Waals surface area contributed by atoms with Crippen molar-refractivity contribution in [3.05, 3.63) is 34.9 Å². The molecule has 1 atom stereocenters. The van der Waals surface area contributed by atoms with Crippen molar-refractivity contribution in [3.8, 4) is 0 Å². The molecular formula is C18H26ClIN4O2. The number of nitrogens with zero attached hydrogens (tertiary/aromatic N) is 3. The SMILES string of the molecule is CC(C)(C)OC(=O)N1CCN2C(NCc3ccc(Cl)cc3)=NCC2C1.I. The Bertz CT molecular complexity index is 660. The van der Waals surface area contributed by atoms with E-state index in [9.17, 15) is 4.79 Å². The molecule has 0 saturated carbocycles. The van der Waals surface area contributed by atoms with Crippen molar-refractivity contribution in [2.45, 2.75) is 39.0 Å². The number of amides is 1. The van der Waals surface area contributed by atoms with Crippen molar-refractivity contribution in [3.63, 3.8) is 0 Å². The van der Waals surface area contributed by atoms with Gasteiger partial charge in [0.2, 0.25) is 0 Å². The fraction of sp³-hybridized carbons (Fsp3) is 0.556. The van der Waals surface area contributed by atoms with Crippen LogP contribution in [0.2, 0.25) is 5.02 Å². The van der Waals surface area contributed by atoms with Gasteiger partial charge in [0.15, 0.2) is 5.96 Å². The number of guanidine groups is 1. The van der Waals surface area contributed by atoms with Crippen LogP contribution in [0.5, 0.6) is 0 Å². The molecule has 1 fully saturated rings. The molecule has 1 unspecified atom stereocenters. The Balaban J connectivity index is 0.00000243. The van der Waals surface area contributed by atoms with E-state index in [1.807, 2.05) is 45.0 Å². The van der Waals surface area contributed by atoms with E-state index in [0.717, 1.165) is 23.1 Å². The highest BCUT2D eigenvalue weighted by Gasteiger charge is 2.36. The molecule has 26 heavy (non-hydrogen) atoms. The van der Waals surface area contributed by atoms with Gasteiger partial charge in [-0.1, -0.05) is 23.7 Å². The third-order valence-electron chi connectivity index (χ3n) is 4.22. The van der Waals surface area contributed by atoms with Gasteiger partial charge in [-0.2, -0.15) is 0 Å². The molecule has 2 aliphatic heterocycles. The normalized spacial score (nSPS) is 19.4. The topological polar surface area (TPSA) is 57.2 Å². The summed E-state index contributed by atoms with van der Waals surface area (Å²) in [4.78, 5) is 20.9. The van der Waals surface area contributed by atoms with Gasteiger partial charge in [0, 0.05) is 31.2 Å². The zero-order valence-corrected chi connectivity index (χ0v) is 18.5. The van der Waals surface area contributed by atoms with E-state index in [2.05, 4.69) is 15.2 Å². The van der Waals surface area contributed by atoms with Gasteiger partial charge in [0.05, 0.1) is 12.6 Å². The lowest BCUT2D eigenvalue weighted by Crippen LogP contribution is -2.57. The number of piperazine rings is 1. The minimum atomic E-state index is -0.467. The number of nitrogens with one attached hydrogen (secondary N) is 1. The monoisotopic (exact) mass is 492 g/mol. The second kappa shape index (κ2) is 8.65. The predicted molar refractivity (Wildman–Crippen MR) is 114 cm³/mol. The minimum absolute atomic E-state index is 0. The molecule has 1 saturated heterocycles. The highest BCUT2D eigenvalue weighted by molar-refractivity contribution is 14.0. The Morgan fingerprint density at radius 3 is 2.65 bits per heavy atom. The number of rotatable bonds is 2. The van der Waals surface area contributed by atoms with E-state index in [1.165, 1.54) is 0 Å². The summed E-state index contributed by atoms with van der Waals surface area (Å²) < 4.78 is 5.47. The molecule has 1 N–H and O–H groups in total. The second-order valence-corrected chi connectivity index (χ2v) is 7.85. The Labute approximate surface area is 176 Å². The van der Waals surface area contributed by atoms with Gasteiger partial charge >= 0.3 is 6.09 Å². The van der Waals surface area contributed by atoms with Crippen LogP contribution in [0.3, 0.4) is 0 Å². The lowest BCUT2D eigenvalue weighted by molar-refractivity contribution is 0.0137. The molecule has 2 aliphatic rings. The Morgan fingerprint density at radius 2 is 2.00 bits per heavy atom. The number of benzene rings is 1. The van der Waals surface area contributed by atoms with E-state index in [-0.39, 0.29) is 36.1 Å². The van der Waals surface area contributed by atoms with Crippen LogP contribution < -0.4 is 5.32 Å². The number of carbonyl (C=O) groups excluding carboxylic acids is 1. The van der Waals surface area contributed by atoms with Crippen molar-refractivity contribution >= 4 is 47.6 Å². The summed E-state index contributed by atoms with van der Waals surface area (Å²) >= 11 is 5.91. The van der Waals surface area contributed by atoms with E-state index in [1.54, 1.807) is 4.90 Å². The first-order chi connectivity index (χ1) is 11.8. The van der Waals surface area contributed by atoms with Gasteiger partial charge in [0.1, 0.15) is 5.60 Å². The molecule has 6 nitrogen and oxygen atoms in total. The molecule has 1 amide bonds. The summed E-state index contributed by atoms with van der Waals surface area (Å²) in [5.74, 6) is 0.906. The minimum Gasteiger partial charge on any atom is -0.444 e. The molecule has 0 aromatic heterocycles. The third kappa shape index (κ3) is 5.39. The fourth-order valence-corrected chi connectivity index (χ4v) is 3.13. The van der Waals surface area contributed by atoms with Gasteiger partial charge in [-0.15, -0.1) is 24.0 Å². The first-order valence-corrected chi connectivity index (χ1v) is 8.97. The smallest absolute Gasteiger partial charge is 0.410 e.